The van der Waals surface area contributed by atoms with Gasteiger partial charge in [-0.1, -0.05) is 41.6 Å². The second-order valence-electron chi connectivity index (χ2n) is 5.87. The van der Waals surface area contributed by atoms with Gasteiger partial charge in [0.25, 0.3) is 5.91 Å². The maximum Gasteiger partial charge on any atom is 0.255 e. The highest BCUT2D eigenvalue weighted by atomic mass is 19.1. The Morgan fingerprint density at radius 3 is 2.50 bits per heavy atom. The van der Waals surface area contributed by atoms with Crippen molar-refractivity contribution in [2.75, 3.05) is 5.32 Å². The summed E-state index contributed by atoms with van der Waals surface area (Å²) in [5.41, 5.74) is 3.40. The zero-order chi connectivity index (χ0) is 17.9. The van der Waals surface area contributed by atoms with E-state index in [1.54, 1.807) is 24.3 Å². The van der Waals surface area contributed by atoms with Crippen LogP contribution >= 0.6 is 0 Å². The molecule has 128 valence electrons. The van der Waals surface area contributed by atoms with Gasteiger partial charge in [-0.3, -0.25) is 4.79 Å². The van der Waals surface area contributed by atoms with Gasteiger partial charge in [-0.25, -0.2) is 9.07 Å². The summed E-state index contributed by atoms with van der Waals surface area (Å²) in [7, 11) is 0. The van der Waals surface area contributed by atoms with Crippen molar-refractivity contribution in [3.05, 3.63) is 89.7 Å². The SMILES string of the molecule is O=C(Nc1ccccc1F)c1ccc(Cn2nnc3ccccc32)cc1. The minimum absolute atomic E-state index is 0.163. The highest BCUT2D eigenvalue weighted by Gasteiger charge is 2.09. The third kappa shape index (κ3) is 3.17. The number of nitrogens with zero attached hydrogens (tertiary/aromatic N) is 3. The van der Waals surface area contributed by atoms with Crippen LogP contribution in [-0.2, 0) is 6.54 Å². The van der Waals surface area contributed by atoms with Crippen LogP contribution in [0.2, 0.25) is 0 Å². The molecule has 4 aromatic rings. The van der Waals surface area contributed by atoms with E-state index < -0.39 is 5.82 Å². The molecular weight excluding hydrogens is 331 g/mol. The third-order valence-corrected chi connectivity index (χ3v) is 4.09. The first-order valence-electron chi connectivity index (χ1n) is 8.14. The molecule has 0 bridgehead atoms. The molecule has 0 aliphatic rings. The fourth-order valence-corrected chi connectivity index (χ4v) is 2.73. The van der Waals surface area contributed by atoms with Crippen LogP contribution in [0.4, 0.5) is 10.1 Å². The minimum atomic E-state index is -0.462. The molecule has 6 heteroatoms. The maximum atomic E-state index is 13.6. The lowest BCUT2D eigenvalue weighted by atomic mass is 10.1. The highest BCUT2D eigenvalue weighted by molar-refractivity contribution is 6.04. The van der Waals surface area contributed by atoms with Crippen molar-refractivity contribution in [1.82, 2.24) is 15.0 Å². The average molecular weight is 346 g/mol. The number of nitrogens with one attached hydrogen (secondary N) is 1. The predicted octanol–water partition coefficient (Wildman–Crippen LogP) is 3.87. The van der Waals surface area contributed by atoms with Crippen molar-refractivity contribution >= 4 is 22.6 Å². The Morgan fingerprint density at radius 2 is 1.69 bits per heavy atom. The first-order chi connectivity index (χ1) is 12.7. The highest BCUT2D eigenvalue weighted by Crippen LogP contribution is 2.16. The Labute approximate surface area is 149 Å². The van der Waals surface area contributed by atoms with Crippen LogP contribution < -0.4 is 5.32 Å². The Bertz CT molecular complexity index is 1070. The van der Waals surface area contributed by atoms with Crippen molar-refractivity contribution in [1.29, 1.82) is 0 Å². The van der Waals surface area contributed by atoms with Gasteiger partial charge < -0.3 is 5.32 Å². The molecule has 1 heterocycles. The Balaban J connectivity index is 1.50. The minimum Gasteiger partial charge on any atom is -0.319 e. The van der Waals surface area contributed by atoms with E-state index in [4.69, 9.17) is 0 Å². The second-order valence-corrected chi connectivity index (χ2v) is 5.87. The van der Waals surface area contributed by atoms with Gasteiger partial charge in [0.05, 0.1) is 17.7 Å². The quantitative estimate of drug-likeness (QED) is 0.610. The molecule has 0 spiro atoms. The van der Waals surface area contributed by atoms with Crippen molar-refractivity contribution < 1.29 is 9.18 Å². The summed E-state index contributed by atoms with van der Waals surface area (Å²) in [6.07, 6.45) is 0. The normalized spacial score (nSPS) is 10.8. The van der Waals surface area contributed by atoms with Crippen molar-refractivity contribution in [3.8, 4) is 0 Å². The van der Waals surface area contributed by atoms with Crippen LogP contribution in [0.1, 0.15) is 15.9 Å². The maximum absolute atomic E-state index is 13.6. The zero-order valence-electron chi connectivity index (χ0n) is 13.8. The van der Waals surface area contributed by atoms with Crippen molar-refractivity contribution in [3.63, 3.8) is 0 Å². The molecule has 0 radical (unpaired) electrons. The van der Waals surface area contributed by atoms with Crippen LogP contribution in [0, 0.1) is 5.82 Å². The number of rotatable bonds is 4. The van der Waals surface area contributed by atoms with Gasteiger partial charge in [-0.2, -0.15) is 0 Å². The molecule has 5 nitrogen and oxygen atoms in total. The molecule has 0 saturated carbocycles. The lowest BCUT2D eigenvalue weighted by molar-refractivity contribution is 0.102. The summed E-state index contributed by atoms with van der Waals surface area (Å²) in [4.78, 5) is 12.3. The fraction of sp³-hybridized carbons (Fsp3) is 0.0500. The Kier molecular flexibility index (Phi) is 4.15. The number of hydrogen-bond donors (Lipinski definition) is 1. The molecule has 1 amide bonds. The van der Waals surface area contributed by atoms with E-state index in [2.05, 4.69) is 15.6 Å². The molecule has 3 aromatic carbocycles. The van der Waals surface area contributed by atoms with Crippen molar-refractivity contribution in [2.45, 2.75) is 6.54 Å². The summed E-state index contributed by atoms with van der Waals surface area (Å²) < 4.78 is 15.4. The zero-order valence-corrected chi connectivity index (χ0v) is 13.8. The molecule has 4 rings (SSSR count). The molecule has 0 atom stereocenters. The molecule has 0 fully saturated rings. The number of hydrogen-bond acceptors (Lipinski definition) is 3. The second kappa shape index (κ2) is 6.76. The number of carbonyl (C=O) groups excluding carboxylic acids is 1. The topological polar surface area (TPSA) is 59.8 Å². The van der Waals surface area contributed by atoms with E-state index in [1.807, 2.05) is 41.1 Å². The van der Waals surface area contributed by atoms with Crippen LogP contribution in [0.25, 0.3) is 11.0 Å². The number of amides is 1. The smallest absolute Gasteiger partial charge is 0.255 e. The first kappa shape index (κ1) is 16.0. The average Bonchev–Trinajstić information content (AvgIpc) is 3.07. The third-order valence-electron chi connectivity index (χ3n) is 4.09. The molecular formula is C20H15FN4O. The largest absolute Gasteiger partial charge is 0.319 e. The molecule has 0 aliphatic carbocycles. The summed E-state index contributed by atoms with van der Waals surface area (Å²) in [5.74, 6) is -0.816. The summed E-state index contributed by atoms with van der Waals surface area (Å²) >= 11 is 0. The number of para-hydroxylation sites is 2. The monoisotopic (exact) mass is 346 g/mol. The molecule has 0 saturated heterocycles. The Hall–Kier alpha value is -3.54. The van der Waals surface area contributed by atoms with Gasteiger partial charge in [-0.05, 0) is 42.0 Å². The van der Waals surface area contributed by atoms with E-state index in [-0.39, 0.29) is 11.6 Å². The van der Waals surface area contributed by atoms with Crippen LogP contribution in [-0.4, -0.2) is 20.9 Å². The summed E-state index contributed by atoms with van der Waals surface area (Å²) in [6, 6.07) is 21.0. The van der Waals surface area contributed by atoms with Crippen LogP contribution in [0.5, 0.6) is 0 Å². The van der Waals surface area contributed by atoms with Crippen LogP contribution in [0.15, 0.2) is 72.8 Å². The molecule has 0 unspecified atom stereocenters. The molecule has 1 aromatic heterocycles. The van der Waals surface area contributed by atoms with E-state index in [9.17, 15) is 9.18 Å². The molecule has 0 aliphatic heterocycles. The number of fused-ring (bicyclic) bond motifs is 1. The number of benzene rings is 3. The standard InChI is InChI=1S/C20H15FN4O/c21-16-5-1-2-6-17(16)22-20(26)15-11-9-14(10-12-15)13-25-19-8-4-3-7-18(19)23-24-25/h1-12H,13H2,(H,22,26). The Morgan fingerprint density at radius 1 is 0.962 bits per heavy atom. The van der Waals surface area contributed by atoms with Gasteiger partial charge in [0.1, 0.15) is 11.3 Å². The van der Waals surface area contributed by atoms with Gasteiger partial charge in [-0.15, -0.1) is 5.10 Å². The van der Waals surface area contributed by atoms with E-state index in [1.165, 1.54) is 12.1 Å². The molecule has 26 heavy (non-hydrogen) atoms. The number of anilines is 1. The van der Waals surface area contributed by atoms with Gasteiger partial charge in [0, 0.05) is 5.56 Å². The molecule has 1 N–H and O–H groups in total. The summed E-state index contributed by atoms with van der Waals surface area (Å²) in [6.45, 7) is 0.551. The van der Waals surface area contributed by atoms with Gasteiger partial charge in [0.15, 0.2) is 0 Å². The lowest BCUT2D eigenvalue weighted by Crippen LogP contribution is -2.13. The van der Waals surface area contributed by atoms with E-state index in [0.29, 0.717) is 12.1 Å². The number of carbonyl (C=O) groups is 1. The van der Waals surface area contributed by atoms with Gasteiger partial charge >= 0.3 is 0 Å². The number of halogens is 1. The van der Waals surface area contributed by atoms with E-state index >= 15 is 0 Å². The predicted molar refractivity (Wildman–Crippen MR) is 97.4 cm³/mol. The van der Waals surface area contributed by atoms with Gasteiger partial charge in [0.2, 0.25) is 0 Å². The number of aromatic nitrogens is 3. The summed E-state index contributed by atoms with van der Waals surface area (Å²) in [5, 5.41) is 10.9. The van der Waals surface area contributed by atoms with E-state index in [0.717, 1.165) is 16.6 Å². The van der Waals surface area contributed by atoms with Crippen LogP contribution in [0.3, 0.4) is 0 Å². The fourth-order valence-electron chi connectivity index (χ4n) is 2.73. The lowest BCUT2D eigenvalue weighted by Gasteiger charge is -2.07. The van der Waals surface area contributed by atoms with Crippen molar-refractivity contribution in [2.24, 2.45) is 0 Å². The first-order valence-corrected chi connectivity index (χ1v) is 8.14.